The molecule has 13 heavy (non-hydrogen) atoms. The van der Waals surface area contributed by atoms with Gasteiger partial charge in [0.1, 0.15) is 5.82 Å². The number of halogens is 2. The van der Waals surface area contributed by atoms with E-state index >= 15 is 0 Å². The molecule has 1 rings (SSSR count). The molecule has 0 spiro atoms. The van der Waals surface area contributed by atoms with Crippen LogP contribution in [-0.4, -0.2) is 6.04 Å². The Bertz CT molecular complexity index is 250. The van der Waals surface area contributed by atoms with Crippen LogP contribution < -0.4 is 5.32 Å². The van der Waals surface area contributed by atoms with Gasteiger partial charge in [0, 0.05) is 18.2 Å². The molecule has 0 heterocycles. The summed E-state index contributed by atoms with van der Waals surface area (Å²) in [6, 6.07) is 7.22. The molecule has 0 unspecified atom stereocenters. The van der Waals surface area contributed by atoms with Gasteiger partial charge in [-0.3, -0.25) is 0 Å². The van der Waals surface area contributed by atoms with E-state index in [4.69, 9.17) is 0 Å². The summed E-state index contributed by atoms with van der Waals surface area (Å²) in [7, 11) is 0. The summed E-state index contributed by atoms with van der Waals surface area (Å²) >= 11 is 0. The summed E-state index contributed by atoms with van der Waals surface area (Å²) in [4.78, 5) is 0. The highest BCUT2D eigenvalue weighted by Gasteiger charge is 1.99. The molecule has 0 atom stereocenters. The molecule has 0 saturated carbocycles. The first-order valence-corrected chi connectivity index (χ1v) is 4.17. The molecule has 0 radical (unpaired) electrons. The van der Waals surface area contributed by atoms with Gasteiger partial charge in [-0.25, -0.2) is 4.39 Å². The molecule has 3 heteroatoms. The molecule has 0 aliphatic heterocycles. The van der Waals surface area contributed by atoms with E-state index in [1.807, 2.05) is 19.9 Å². The van der Waals surface area contributed by atoms with Crippen LogP contribution in [0.3, 0.4) is 0 Å². The molecule has 1 nitrogen and oxygen atoms in total. The number of nitrogens with one attached hydrogen (secondary N) is 1. The zero-order chi connectivity index (χ0) is 8.97. The van der Waals surface area contributed by atoms with Crippen LogP contribution in [-0.2, 0) is 6.54 Å². The SMILES string of the molecule is CC(C)NCc1ccccc1F.Cl. The minimum Gasteiger partial charge on any atom is -0.310 e. The average molecular weight is 204 g/mol. The highest BCUT2D eigenvalue weighted by molar-refractivity contribution is 5.85. The third-order valence-electron chi connectivity index (χ3n) is 1.66. The monoisotopic (exact) mass is 203 g/mol. The fourth-order valence-corrected chi connectivity index (χ4v) is 0.956. The highest BCUT2D eigenvalue weighted by atomic mass is 35.5. The van der Waals surface area contributed by atoms with Gasteiger partial charge in [0.15, 0.2) is 0 Å². The average Bonchev–Trinajstić information content (AvgIpc) is 2.03. The third-order valence-corrected chi connectivity index (χ3v) is 1.66. The fourth-order valence-electron chi connectivity index (χ4n) is 0.956. The lowest BCUT2D eigenvalue weighted by molar-refractivity contribution is 0.553. The van der Waals surface area contributed by atoms with Gasteiger partial charge < -0.3 is 5.32 Å². The van der Waals surface area contributed by atoms with E-state index in [0.717, 1.165) is 5.56 Å². The highest BCUT2D eigenvalue weighted by Crippen LogP contribution is 2.05. The Morgan fingerprint density at radius 1 is 1.31 bits per heavy atom. The van der Waals surface area contributed by atoms with E-state index in [0.29, 0.717) is 12.6 Å². The molecule has 0 aromatic heterocycles. The lowest BCUT2D eigenvalue weighted by atomic mass is 10.2. The Hall–Kier alpha value is -0.600. The second-order valence-corrected chi connectivity index (χ2v) is 3.13. The molecule has 0 amide bonds. The maximum Gasteiger partial charge on any atom is 0.127 e. The Labute approximate surface area is 84.8 Å². The van der Waals surface area contributed by atoms with Crippen molar-refractivity contribution in [3.05, 3.63) is 35.6 Å². The summed E-state index contributed by atoms with van der Waals surface area (Å²) in [5.74, 6) is -0.134. The minimum absolute atomic E-state index is 0. The zero-order valence-corrected chi connectivity index (χ0v) is 8.70. The summed E-state index contributed by atoms with van der Waals surface area (Å²) in [6.45, 7) is 4.69. The molecule has 74 valence electrons. The van der Waals surface area contributed by atoms with Crippen molar-refractivity contribution in [2.75, 3.05) is 0 Å². The number of hydrogen-bond donors (Lipinski definition) is 1. The summed E-state index contributed by atoms with van der Waals surface area (Å²) < 4.78 is 13.0. The third kappa shape index (κ3) is 4.25. The smallest absolute Gasteiger partial charge is 0.127 e. The molecule has 0 aliphatic carbocycles. The topological polar surface area (TPSA) is 12.0 Å². The number of benzene rings is 1. The normalized spacial score (nSPS) is 9.85. The van der Waals surface area contributed by atoms with Gasteiger partial charge in [-0.05, 0) is 6.07 Å². The van der Waals surface area contributed by atoms with Crippen LogP contribution in [0.25, 0.3) is 0 Å². The molecule has 1 N–H and O–H groups in total. The summed E-state index contributed by atoms with van der Waals surface area (Å²) in [6.07, 6.45) is 0. The van der Waals surface area contributed by atoms with E-state index in [2.05, 4.69) is 5.32 Å². The van der Waals surface area contributed by atoms with E-state index in [-0.39, 0.29) is 18.2 Å². The summed E-state index contributed by atoms with van der Waals surface area (Å²) in [5.41, 5.74) is 0.728. The molecule has 0 aliphatic rings. The fraction of sp³-hybridized carbons (Fsp3) is 0.400. The van der Waals surface area contributed by atoms with Crippen LogP contribution in [0, 0.1) is 5.82 Å². The first-order chi connectivity index (χ1) is 5.70. The van der Waals surface area contributed by atoms with Crippen LogP contribution in [0.5, 0.6) is 0 Å². The van der Waals surface area contributed by atoms with Crippen molar-refractivity contribution in [2.24, 2.45) is 0 Å². The molecule has 1 aromatic rings. The zero-order valence-electron chi connectivity index (χ0n) is 7.88. The van der Waals surface area contributed by atoms with Gasteiger partial charge in [0.2, 0.25) is 0 Å². The molecule has 1 aromatic carbocycles. The first-order valence-electron chi connectivity index (χ1n) is 4.17. The van der Waals surface area contributed by atoms with Crippen LogP contribution in [0.1, 0.15) is 19.4 Å². The van der Waals surface area contributed by atoms with E-state index in [9.17, 15) is 4.39 Å². The van der Waals surface area contributed by atoms with Gasteiger partial charge in [-0.15, -0.1) is 12.4 Å². The van der Waals surface area contributed by atoms with Crippen LogP contribution in [0.4, 0.5) is 4.39 Å². The van der Waals surface area contributed by atoms with Crippen molar-refractivity contribution in [1.29, 1.82) is 0 Å². The lowest BCUT2D eigenvalue weighted by Gasteiger charge is -2.08. The van der Waals surface area contributed by atoms with Crippen LogP contribution in [0.2, 0.25) is 0 Å². The van der Waals surface area contributed by atoms with Gasteiger partial charge in [0.05, 0.1) is 0 Å². The quantitative estimate of drug-likeness (QED) is 0.797. The molecular formula is C10H15ClFN. The van der Waals surface area contributed by atoms with Crippen molar-refractivity contribution in [1.82, 2.24) is 5.32 Å². The minimum atomic E-state index is -0.134. The summed E-state index contributed by atoms with van der Waals surface area (Å²) in [5, 5.41) is 3.16. The second kappa shape index (κ2) is 5.95. The van der Waals surface area contributed by atoms with Gasteiger partial charge >= 0.3 is 0 Å². The van der Waals surface area contributed by atoms with Crippen molar-refractivity contribution in [3.63, 3.8) is 0 Å². The Balaban J connectivity index is 0.00000144. The number of hydrogen-bond acceptors (Lipinski definition) is 1. The van der Waals surface area contributed by atoms with E-state index < -0.39 is 0 Å². The Morgan fingerprint density at radius 3 is 2.46 bits per heavy atom. The maximum atomic E-state index is 13.0. The molecular weight excluding hydrogens is 189 g/mol. The lowest BCUT2D eigenvalue weighted by Crippen LogP contribution is -2.22. The maximum absolute atomic E-state index is 13.0. The van der Waals surface area contributed by atoms with Crippen molar-refractivity contribution >= 4 is 12.4 Å². The van der Waals surface area contributed by atoms with Gasteiger partial charge in [-0.1, -0.05) is 32.0 Å². The molecule has 0 saturated heterocycles. The van der Waals surface area contributed by atoms with Gasteiger partial charge in [0.25, 0.3) is 0 Å². The second-order valence-electron chi connectivity index (χ2n) is 3.13. The molecule has 0 fully saturated rings. The van der Waals surface area contributed by atoms with Crippen molar-refractivity contribution in [2.45, 2.75) is 26.4 Å². The molecule has 0 bridgehead atoms. The van der Waals surface area contributed by atoms with Crippen LogP contribution in [0.15, 0.2) is 24.3 Å². The Kier molecular flexibility index (Phi) is 5.67. The Morgan fingerprint density at radius 2 is 1.92 bits per heavy atom. The van der Waals surface area contributed by atoms with Crippen LogP contribution >= 0.6 is 12.4 Å². The van der Waals surface area contributed by atoms with E-state index in [1.54, 1.807) is 12.1 Å². The predicted octanol–water partition coefficient (Wildman–Crippen LogP) is 2.75. The number of rotatable bonds is 3. The van der Waals surface area contributed by atoms with Crippen molar-refractivity contribution < 1.29 is 4.39 Å². The standard InChI is InChI=1S/C10H14FN.ClH/c1-8(2)12-7-9-5-3-4-6-10(9)11;/h3-6,8,12H,7H2,1-2H3;1H. The van der Waals surface area contributed by atoms with Crippen molar-refractivity contribution in [3.8, 4) is 0 Å². The van der Waals surface area contributed by atoms with Gasteiger partial charge in [-0.2, -0.15) is 0 Å². The predicted molar refractivity (Wildman–Crippen MR) is 55.6 cm³/mol. The van der Waals surface area contributed by atoms with E-state index in [1.165, 1.54) is 6.07 Å². The first kappa shape index (κ1) is 12.4. The largest absolute Gasteiger partial charge is 0.310 e.